The third-order valence-electron chi connectivity index (χ3n) is 3.25. The Morgan fingerprint density at radius 3 is 2.76 bits per heavy atom. The minimum atomic E-state index is -1.30. The summed E-state index contributed by atoms with van der Waals surface area (Å²) in [6.07, 6.45) is -3.31. The number of ether oxygens (including phenoxy) is 2. The van der Waals surface area contributed by atoms with E-state index in [4.69, 9.17) is 26.0 Å². The van der Waals surface area contributed by atoms with Crippen molar-refractivity contribution >= 4 is 5.82 Å². The molecule has 1 aliphatic rings. The fourth-order valence-electron chi connectivity index (χ4n) is 1.98. The lowest BCUT2D eigenvalue weighted by molar-refractivity contribution is -0.269. The third kappa shape index (κ3) is 3.37. The van der Waals surface area contributed by atoms with Crippen LogP contribution in [0.25, 0.3) is 0 Å². The zero-order valence-electron chi connectivity index (χ0n) is 11.0. The molecule has 0 bridgehead atoms. The van der Waals surface area contributed by atoms with E-state index in [9.17, 15) is 15.0 Å². The van der Waals surface area contributed by atoms with Gasteiger partial charge in [-0.1, -0.05) is 0 Å². The molecule has 8 N–H and O–H groups in total. The number of H-pyrrole nitrogens is 1. The average Bonchev–Trinajstić information content (AvgIpc) is 2.46. The van der Waals surface area contributed by atoms with Crippen LogP contribution in [0.4, 0.5) is 5.82 Å². The van der Waals surface area contributed by atoms with Crippen molar-refractivity contribution in [2.24, 2.45) is 5.73 Å². The number of aliphatic hydroxyl groups is 3. The summed E-state index contributed by atoms with van der Waals surface area (Å²) in [4.78, 5) is 16.8. The van der Waals surface area contributed by atoms with Crippen molar-refractivity contribution in [3.05, 3.63) is 22.2 Å². The van der Waals surface area contributed by atoms with Crippen LogP contribution in [0, 0.1) is 0 Å². The molecule has 0 unspecified atom stereocenters. The van der Waals surface area contributed by atoms with Crippen LogP contribution in [-0.2, 0) is 16.1 Å². The highest BCUT2D eigenvalue weighted by molar-refractivity contribution is 5.35. The molecule has 118 valence electrons. The van der Waals surface area contributed by atoms with Crippen LogP contribution >= 0.6 is 0 Å². The van der Waals surface area contributed by atoms with Crippen molar-refractivity contribution in [2.45, 2.75) is 37.3 Å². The largest absolute Gasteiger partial charge is 0.394 e. The third-order valence-corrected chi connectivity index (χ3v) is 3.25. The number of rotatable bonds is 4. The number of nitrogens with two attached hydrogens (primary N) is 2. The Hall–Kier alpha value is -1.56. The van der Waals surface area contributed by atoms with Gasteiger partial charge in [-0.25, -0.2) is 4.79 Å². The molecule has 0 aliphatic carbocycles. The minimum absolute atomic E-state index is 0.00224. The lowest BCUT2D eigenvalue weighted by atomic mass is 9.98. The molecule has 1 saturated heterocycles. The topological polar surface area (TPSA) is 177 Å². The van der Waals surface area contributed by atoms with Crippen molar-refractivity contribution in [2.75, 3.05) is 12.3 Å². The maximum Gasteiger partial charge on any atom is 0.346 e. The first-order valence-electron chi connectivity index (χ1n) is 6.27. The number of hydrogen-bond donors (Lipinski definition) is 6. The maximum absolute atomic E-state index is 10.9. The number of nitrogen functional groups attached to an aromatic ring is 1. The fourth-order valence-corrected chi connectivity index (χ4v) is 1.98. The summed E-state index contributed by atoms with van der Waals surface area (Å²) in [7, 11) is 0. The molecule has 10 nitrogen and oxygen atoms in total. The van der Waals surface area contributed by atoms with Crippen molar-refractivity contribution in [1.29, 1.82) is 0 Å². The predicted molar refractivity (Wildman–Crippen MR) is 69.8 cm³/mol. The number of hydrogen-bond acceptors (Lipinski definition) is 9. The average molecular weight is 302 g/mol. The van der Waals surface area contributed by atoms with E-state index in [0.29, 0.717) is 5.56 Å². The number of nitrogens with zero attached hydrogens (tertiary/aromatic N) is 1. The summed E-state index contributed by atoms with van der Waals surface area (Å²) in [5.74, 6) is 0.00224. The molecule has 10 heteroatoms. The predicted octanol–water partition coefficient (Wildman–Crippen LogP) is -3.36. The Balaban J connectivity index is 2.03. The van der Waals surface area contributed by atoms with Gasteiger partial charge >= 0.3 is 5.69 Å². The van der Waals surface area contributed by atoms with E-state index in [1.807, 2.05) is 0 Å². The Labute approximate surface area is 119 Å². The zero-order chi connectivity index (χ0) is 15.6. The molecule has 1 fully saturated rings. The fraction of sp³-hybridized carbons (Fsp3) is 0.636. The number of aromatic amines is 1. The van der Waals surface area contributed by atoms with Crippen molar-refractivity contribution < 1.29 is 24.8 Å². The van der Waals surface area contributed by atoms with Crippen molar-refractivity contribution in [1.82, 2.24) is 9.97 Å². The molecule has 1 aliphatic heterocycles. The van der Waals surface area contributed by atoms with Crippen LogP contribution < -0.4 is 17.2 Å². The number of aliphatic hydroxyl groups excluding tert-OH is 3. The van der Waals surface area contributed by atoms with E-state index in [1.165, 1.54) is 6.20 Å². The lowest BCUT2D eigenvalue weighted by Gasteiger charge is -2.40. The van der Waals surface area contributed by atoms with E-state index in [2.05, 4.69) is 9.97 Å². The molecule has 0 amide bonds. The Bertz CT molecular complexity index is 536. The normalized spacial score (nSPS) is 33.0. The number of aromatic nitrogens is 2. The molecule has 1 aromatic heterocycles. The van der Waals surface area contributed by atoms with Crippen LogP contribution in [0.5, 0.6) is 0 Å². The van der Waals surface area contributed by atoms with E-state index >= 15 is 0 Å². The molecule has 0 aromatic carbocycles. The van der Waals surface area contributed by atoms with Crippen LogP contribution in [0.15, 0.2) is 11.0 Å². The lowest BCUT2D eigenvalue weighted by Crippen LogP contribution is -2.62. The van der Waals surface area contributed by atoms with Crippen LogP contribution in [0.3, 0.4) is 0 Å². The highest BCUT2D eigenvalue weighted by Crippen LogP contribution is 2.21. The zero-order valence-corrected chi connectivity index (χ0v) is 11.0. The molecular formula is C11H18N4O6. The number of nitrogens with one attached hydrogen (secondary N) is 1. The second kappa shape index (κ2) is 6.47. The molecule has 2 heterocycles. The molecule has 0 radical (unpaired) electrons. The first kappa shape index (κ1) is 15.8. The van der Waals surface area contributed by atoms with Gasteiger partial charge < -0.3 is 41.2 Å². The van der Waals surface area contributed by atoms with Gasteiger partial charge in [-0.2, -0.15) is 4.98 Å². The monoisotopic (exact) mass is 302 g/mol. The van der Waals surface area contributed by atoms with Crippen LogP contribution in [-0.4, -0.2) is 62.5 Å². The first-order chi connectivity index (χ1) is 9.93. The van der Waals surface area contributed by atoms with E-state index in [-0.39, 0.29) is 12.4 Å². The maximum atomic E-state index is 10.9. The van der Waals surface area contributed by atoms with E-state index in [0.717, 1.165) is 0 Å². The minimum Gasteiger partial charge on any atom is -0.394 e. The highest BCUT2D eigenvalue weighted by Gasteiger charge is 2.42. The van der Waals surface area contributed by atoms with Gasteiger partial charge in [0.25, 0.3) is 0 Å². The summed E-state index contributed by atoms with van der Waals surface area (Å²) in [6.45, 7) is -0.567. The Kier molecular flexibility index (Phi) is 4.88. The van der Waals surface area contributed by atoms with Gasteiger partial charge in [0.2, 0.25) is 0 Å². The second-order valence-corrected chi connectivity index (χ2v) is 4.71. The molecule has 21 heavy (non-hydrogen) atoms. The molecular weight excluding hydrogens is 284 g/mol. The van der Waals surface area contributed by atoms with Crippen molar-refractivity contribution in [3.8, 4) is 0 Å². The number of anilines is 1. The van der Waals surface area contributed by atoms with Gasteiger partial charge in [0.05, 0.1) is 19.3 Å². The molecule has 0 saturated carbocycles. The van der Waals surface area contributed by atoms with Gasteiger partial charge in [0.15, 0.2) is 6.29 Å². The summed E-state index contributed by atoms with van der Waals surface area (Å²) in [5, 5.41) is 28.5. The quantitative estimate of drug-likeness (QED) is 0.331. The van der Waals surface area contributed by atoms with E-state index < -0.39 is 42.9 Å². The van der Waals surface area contributed by atoms with Gasteiger partial charge in [0, 0.05) is 11.8 Å². The summed E-state index contributed by atoms with van der Waals surface area (Å²) in [5.41, 5.74) is 11.1. The SMILES string of the molecule is Nc1nc(=O)[nH]cc1CO[C@@H]1O[C@H](CO)[C@@H](O)[C@H](O)[C@H]1N. The van der Waals surface area contributed by atoms with Gasteiger partial charge in [-0.05, 0) is 0 Å². The summed E-state index contributed by atoms with van der Waals surface area (Å²) in [6, 6.07) is -1.00. The van der Waals surface area contributed by atoms with E-state index in [1.54, 1.807) is 0 Å². The molecule has 1 aromatic rings. The Morgan fingerprint density at radius 1 is 1.43 bits per heavy atom. The molecule has 2 rings (SSSR count). The summed E-state index contributed by atoms with van der Waals surface area (Å²) >= 11 is 0. The van der Waals surface area contributed by atoms with Crippen LogP contribution in [0.1, 0.15) is 5.56 Å². The summed E-state index contributed by atoms with van der Waals surface area (Å²) < 4.78 is 10.7. The van der Waals surface area contributed by atoms with Gasteiger partial charge in [0.1, 0.15) is 24.1 Å². The Morgan fingerprint density at radius 2 is 2.14 bits per heavy atom. The molecule has 5 atom stereocenters. The first-order valence-corrected chi connectivity index (χ1v) is 6.27. The second-order valence-electron chi connectivity index (χ2n) is 4.71. The standard InChI is InChI=1S/C11H18N4O6/c12-6-8(18)7(17)5(2-16)21-10(6)20-3-4-1-14-11(19)15-9(4)13/h1,5-8,10,16-18H,2-3,12H2,(H3,13,14,15,19)/t5-,6-,7-,8-,10-/m1/s1. The molecule has 0 spiro atoms. The highest BCUT2D eigenvalue weighted by atomic mass is 16.7. The van der Waals surface area contributed by atoms with Crippen LogP contribution in [0.2, 0.25) is 0 Å². The smallest absolute Gasteiger partial charge is 0.346 e. The van der Waals surface area contributed by atoms with Gasteiger partial charge in [-0.3, -0.25) is 0 Å². The van der Waals surface area contributed by atoms with Crippen molar-refractivity contribution in [3.63, 3.8) is 0 Å². The van der Waals surface area contributed by atoms with Gasteiger partial charge in [-0.15, -0.1) is 0 Å².